The van der Waals surface area contributed by atoms with Crippen molar-refractivity contribution in [2.45, 2.75) is 26.0 Å². The normalized spacial score (nSPS) is 15.4. The second-order valence-electron chi connectivity index (χ2n) is 3.31. The standard InChI is InChI=1S/C10H19N3O/c1-5-14-8(2)10(11-3)9-6-7-12-13(9)4/h6-8,10-11H,5H2,1-4H3. The van der Waals surface area contributed by atoms with E-state index in [9.17, 15) is 0 Å². The van der Waals surface area contributed by atoms with E-state index in [0.717, 1.165) is 12.3 Å². The lowest BCUT2D eigenvalue weighted by Crippen LogP contribution is -2.31. The summed E-state index contributed by atoms with van der Waals surface area (Å²) < 4.78 is 7.44. The van der Waals surface area contributed by atoms with Gasteiger partial charge in [0, 0.05) is 19.9 Å². The maximum absolute atomic E-state index is 5.57. The van der Waals surface area contributed by atoms with Crippen LogP contribution in [0, 0.1) is 0 Å². The highest BCUT2D eigenvalue weighted by Gasteiger charge is 2.20. The molecule has 14 heavy (non-hydrogen) atoms. The molecule has 1 aromatic heterocycles. The van der Waals surface area contributed by atoms with E-state index < -0.39 is 0 Å². The second kappa shape index (κ2) is 5.12. The molecule has 0 spiro atoms. The summed E-state index contributed by atoms with van der Waals surface area (Å²) in [5, 5.41) is 7.39. The van der Waals surface area contributed by atoms with Gasteiger partial charge in [-0.05, 0) is 27.0 Å². The van der Waals surface area contributed by atoms with E-state index in [1.807, 2.05) is 31.8 Å². The highest BCUT2D eigenvalue weighted by atomic mass is 16.5. The third-order valence-corrected chi connectivity index (χ3v) is 2.39. The summed E-state index contributed by atoms with van der Waals surface area (Å²) in [6.45, 7) is 4.81. The number of hydrogen-bond donors (Lipinski definition) is 1. The highest BCUT2D eigenvalue weighted by molar-refractivity contribution is 5.08. The Morgan fingerprint density at radius 1 is 1.64 bits per heavy atom. The van der Waals surface area contributed by atoms with Crippen LogP contribution in [0.4, 0.5) is 0 Å². The van der Waals surface area contributed by atoms with Gasteiger partial charge in [-0.25, -0.2) is 0 Å². The lowest BCUT2D eigenvalue weighted by Gasteiger charge is -2.23. The van der Waals surface area contributed by atoms with E-state index in [1.165, 1.54) is 0 Å². The number of hydrogen-bond acceptors (Lipinski definition) is 3. The van der Waals surface area contributed by atoms with Gasteiger partial charge in [-0.3, -0.25) is 4.68 Å². The molecule has 1 aromatic rings. The van der Waals surface area contributed by atoms with Gasteiger partial charge in [0.05, 0.1) is 17.8 Å². The number of aryl methyl sites for hydroxylation is 1. The van der Waals surface area contributed by atoms with Gasteiger partial charge in [0.2, 0.25) is 0 Å². The van der Waals surface area contributed by atoms with Crippen LogP contribution in [0.2, 0.25) is 0 Å². The number of ether oxygens (including phenoxy) is 1. The first-order valence-corrected chi connectivity index (χ1v) is 4.97. The van der Waals surface area contributed by atoms with E-state index in [-0.39, 0.29) is 12.1 Å². The van der Waals surface area contributed by atoms with E-state index >= 15 is 0 Å². The zero-order valence-corrected chi connectivity index (χ0v) is 9.32. The summed E-state index contributed by atoms with van der Waals surface area (Å²) in [5.41, 5.74) is 1.15. The van der Waals surface area contributed by atoms with Crippen LogP contribution in [0.25, 0.3) is 0 Å². The average Bonchev–Trinajstić information content (AvgIpc) is 2.54. The SMILES string of the molecule is CCOC(C)C(NC)c1ccnn1C. The molecule has 4 heteroatoms. The molecule has 0 radical (unpaired) electrons. The first-order valence-electron chi connectivity index (χ1n) is 4.97. The van der Waals surface area contributed by atoms with Crippen LogP contribution in [0.15, 0.2) is 12.3 Å². The molecule has 80 valence electrons. The Kier molecular flexibility index (Phi) is 4.10. The van der Waals surface area contributed by atoms with Crippen molar-refractivity contribution in [1.82, 2.24) is 15.1 Å². The van der Waals surface area contributed by atoms with Gasteiger partial charge in [0.1, 0.15) is 0 Å². The fourth-order valence-electron chi connectivity index (χ4n) is 1.67. The van der Waals surface area contributed by atoms with Gasteiger partial charge in [0.15, 0.2) is 0 Å². The zero-order valence-electron chi connectivity index (χ0n) is 9.32. The Morgan fingerprint density at radius 2 is 2.36 bits per heavy atom. The maximum Gasteiger partial charge on any atom is 0.0756 e. The van der Waals surface area contributed by atoms with E-state index in [1.54, 1.807) is 6.20 Å². The first-order chi connectivity index (χ1) is 6.70. The van der Waals surface area contributed by atoms with Gasteiger partial charge < -0.3 is 10.1 Å². The topological polar surface area (TPSA) is 39.1 Å². The molecule has 0 fully saturated rings. The number of aromatic nitrogens is 2. The van der Waals surface area contributed by atoms with Crippen molar-refractivity contribution >= 4 is 0 Å². The Hall–Kier alpha value is -0.870. The van der Waals surface area contributed by atoms with Crippen LogP contribution in [-0.4, -0.2) is 29.5 Å². The lowest BCUT2D eigenvalue weighted by molar-refractivity contribution is 0.0472. The van der Waals surface area contributed by atoms with Crippen molar-refractivity contribution < 1.29 is 4.74 Å². The van der Waals surface area contributed by atoms with E-state index in [0.29, 0.717) is 0 Å². The summed E-state index contributed by atoms with van der Waals surface area (Å²) in [6, 6.07) is 2.21. The predicted octanol–water partition coefficient (Wildman–Crippen LogP) is 1.11. The van der Waals surface area contributed by atoms with Gasteiger partial charge in [-0.1, -0.05) is 0 Å². The smallest absolute Gasteiger partial charge is 0.0756 e. The van der Waals surface area contributed by atoms with Crippen molar-refractivity contribution in [3.05, 3.63) is 18.0 Å². The zero-order chi connectivity index (χ0) is 10.6. The lowest BCUT2D eigenvalue weighted by atomic mass is 10.1. The van der Waals surface area contributed by atoms with Gasteiger partial charge in [-0.2, -0.15) is 5.10 Å². The average molecular weight is 197 g/mol. The maximum atomic E-state index is 5.57. The Morgan fingerprint density at radius 3 is 2.79 bits per heavy atom. The number of nitrogens with zero attached hydrogens (tertiary/aromatic N) is 2. The van der Waals surface area contributed by atoms with Crippen LogP contribution < -0.4 is 5.32 Å². The largest absolute Gasteiger partial charge is 0.377 e. The van der Waals surface area contributed by atoms with Crippen molar-refractivity contribution in [3.8, 4) is 0 Å². The molecule has 1 heterocycles. The van der Waals surface area contributed by atoms with E-state index in [2.05, 4.69) is 17.3 Å². The molecule has 0 aromatic carbocycles. The molecular weight excluding hydrogens is 178 g/mol. The molecule has 1 N–H and O–H groups in total. The summed E-state index contributed by atoms with van der Waals surface area (Å²) in [7, 11) is 3.88. The third-order valence-electron chi connectivity index (χ3n) is 2.39. The quantitative estimate of drug-likeness (QED) is 0.768. The monoisotopic (exact) mass is 197 g/mol. The molecule has 1 rings (SSSR count). The van der Waals surface area contributed by atoms with Crippen LogP contribution in [0.3, 0.4) is 0 Å². The Labute approximate surface area is 85.3 Å². The predicted molar refractivity (Wildman–Crippen MR) is 56.1 cm³/mol. The Balaban J connectivity index is 2.76. The first kappa shape index (κ1) is 11.2. The van der Waals surface area contributed by atoms with Gasteiger partial charge in [0.25, 0.3) is 0 Å². The molecular formula is C10H19N3O. The van der Waals surface area contributed by atoms with Crippen LogP contribution >= 0.6 is 0 Å². The Bertz CT molecular complexity index is 272. The molecule has 0 aliphatic rings. The number of nitrogens with one attached hydrogen (secondary N) is 1. The van der Waals surface area contributed by atoms with E-state index in [4.69, 9.17) is 4.74 Å². The molecule has 2 unspecified atom stereocenters. The fourth-order valence-corrected chi connectivity index (χ4v) is 1.67. The highest BCUT2D eigenvalue weighted by Crippen LogP contribution is 2.17. The molecule has 0 bridgehead atoms. The molecule has 0 saturated heterocycles. The summed E-state index contributed by atoms with van der Waals surface area (Å²) in [5.74, 6) is 0. The summed E-state index contributed by atoms with van der Waals surface area (Å²) in [6.07, 6.45) is 1.96. The van der Waals surface area contributed by atoms with Crippen molar-refractivity contribution in [2.75, 3.05) is 13.7 Å². The molecule has 0 aliphatic carbocycles. The van der Waals surface area contributed by atoms with Crippen molar-refractivity contribution in [3.63, 3.8) is 0 Å². The van der Waals surface area contributed by atoms with Gasteiger partial charge >= 0.3 is 0 Å². The minimum Gasteiger partial charge on any atom is -0.377 e. The molecule has 2 atom stereocenters. The van der Waals surface area contributed by atoms with Crippen LogP contribution in [0.5, 0.6) is 0 Å². The van der Waals surface area contributed by atoms with Crippen molar-refractivity contribution in [1.29, 1.82) is 0 Å². The summed E-state index contributed by atoms with van der Waals surface area (Å²) >= 11 is 0. The fraction of sp³-hybridized carbons (Fsp3) is 0.700. The third kappa shape index (κ3) is 2.33. The van der Waals surface area contributed by atoms with Crippen molar-refractivity contribution in [2.24, 2.45) is 7.05 Å². The number of rotatable bonds is 5. The molecule has 4 nitrogen and oxygen atoms in total. The molecule has 0 saturated carbocycles. The molecule has 0 amide bonds. The molecule has 0 aliphatic heterocycles. The second-order valence-corrected chi connectivity index (χ2v) is 3.31. The van der Waals surface area contributed by atoms with Crippen LogP contribution in [-0.2, 0) is 11.8 Å². The van der Waals surface area contributed by atoms with Gasteiger partial charge in [-0.15, -0.1) is 0 Å². The minimum absolute atomic E-state index is 0.153. The minimum atomic E-state index is 0.153. The number of likely N-dealkylation sites (N-methyl/N-ethyl adjacent to an activating group) is 1. The summed E-state index contributed by atoms with van der Waals surface area (Å²) in [4.78, 5) is 0. The van der Waals surface area contributed by atoms with Crippen LogP contribution in [0.1, 0.15) is 25.6 Å².